The zero-order chi connectivity index (χ0) is 98.2. The van der Waals surface area contributed by atoms with Gasteiger partial charge < -0.3 is 14.7 Å². The molecule has 0 saturated heterocycles. The average Bonchev–Trinajstić information content (AvgIpc) is 1.44. The van der Waals surface area contributed by atoms with Crippen LogP contribution >= 0.6 is 11.3 Å². The minimum absolute atomic E-state index is 0.697. The van der Waals surface area contributed by atoms with E-state index in [9.17, 15) is 0 Å². The van der Waals surface area contributed by atoms with Crippen molar-refractivity contribution >= 4 is 82.7 Å². The molecule has 0 amide bonds. The van der Waals surface area contributed by atoms with Crippen LogP contribution in [0, 0.1) is 0 Å². The van der Waals surface area contributed by atoms with Gasteiger partial charge in [-0.3, -0.25) is 0 Å². The van der Waals surface area contributed by atoms with Crippen LogP contribution in [0.2, 0.25) is 0 Å². The van der Waals surface area contributed by atoms with Gasteiger partial charge in [0.25, 0.3) is 0 Å². The van der Waals surface area contributed by atoms with Crippen molar-refractivity contribution in [1.82, 2.24) is 29.9 Å². The molecule has 28 rings (SSSR count). The topological polar surface area (TPSA) is 87.1 Å². The number of benzene rings is 21. The van der Waals surface area contributed by atoms with Crippen LogP contribution in [0.4, 0.5) is 51.2 Å². The molecular weight excluding hydrogens is 1820 g/mol. The minimum Gasteiger partial charge on any atom is -0.310 e. The van der Waals surface area contributed by atoms with Crippen LogP contribution in [0.5, 0.6) is 0 Å². The molecule has 694 valence electrons. The highest BCUT2D eigenvalue weighted by molar-refractivity contribution is 7.25. The fourth-order valence-electron chi connectivity index (χ4n) is 20.6. The lowest BCUT2D eigenvalue weighted by atomic mass is 9.91. The Morgan fingerprint density at radius 3 is 0.750 bits per heavy atom. The molecule has 21 aromatic carbocycles. The maximum atomic E-state index is 5.23. The molecule has 0 fully saturated rings. The fraction of sp³-hybridized carbons (Fsp3) is 0. The molecule has 0 radical (unpaired) electrons. The molecule has 25 aromatic rings. The summed E-state index contributed by atoms with van der Waals surface area (Å²) in [5, 5.41) is 2.57. The zero-order valence-corrected chi connectivity index (χ0v) is 81.3. The largest absolute Gasteiger partial charge is 0.310 e. The summed E-state index contributed by atoms with van der Waals surface area (Å²) in [5.74, 6) is 2.11. The van der Waals surface area contributed by atoms with Crippen LogP contribution in [-0.2, 0) is 0 Å². The van der Waals surface area contributed by atoms with E-state index in [0.717, 1.165) is 202 Å². The third kappa shape index (κ3) is 17.9. The molecule has 0 N–H and O–H groups in total. The summed E-state index contributed by atoms with van der Waals surface area (Å²) in [7, 11) is 0. The van der Waals surface area contributed by atoms with Crippen molar-refractivity contribution in [3.8, 4) is 191 Å². The Labute approximate surface area is 863 Å². The first kappa shape index (κ1) is 88.6. The molecule has 0 unspecified atom stereocenters. The van der Waals surface area contributed by atoms with Crippen molar-refractivity contribution in [2.45, 2.75) is 0 Å². The maximum Gasteiger partial charge on any atom is 0.160 e. The second-order valence-corrected chi connectivity index (χ2v) is 38.4. The van der Waals surface area contributed by atoms with Crippen molar-refractivity contribution < 1.29 is 0 Å². The molecule has 10 heteroatoms. The second-order valence-electron chi connectivity index (χ2n) is 37.3. The molecule has 3 aliphatic rings. The number of rotatable bonds is 8. The van der Waals surface area contributed by atoms with E-state index in [1.807, 2.05) is 29.5 Å². The number of aromatic nitrogens is 6. The standard InChI is InChI=1S/C46H29N3S.2C46H31N3/c1-2-10-30(11-3-1)42-29-43-35-16-6-12-31(24-35)33-14-8-18-37(26-33)49(39-22-23-45-41(28-39)40-20-4-5-21-44(40)50-45)38-19-9-15-34(27-38)32-13-7-17-36(25-32)46(47-42)48-43;1-4-13-32(14-5-1)42-26-25-37-30-43(42)36-19-12-24-41(29-36)49(39-21-8-3-9-22-39)40-23-11-18-35(28-40)34-17-10-20-38(27-34)46-47-44(31-45(37)48-46)33-15-6-2-7-16-33;1-3-11-32(12-4-1)33-23-25-41(26-24-33)49-42-21-9-17-37(29-42)35-15-7-19-39(27-35)45-31-44(34-13-5-2-6-14-34)47-46(48-45)40-20-8-16-36(28-40)38-18-10-22-43(49)30-38/h1-29H;2*1-31H. The number of fused-ring (bicyclic) bond motifs is 45. The first-order valence-electron chi connectivity index (χ1n) is 50.0. The predicted molar refractivity (Wildman–Crippen MR) is 616 cm³/mol. The fourth-order valence-corrected chi connectivity index (χ4v) is 21.7. The monoisotopic (exact) mass is 1910 g/mol. The Morgan fingerprint density at radius 2 is 0.358 bits per heavy atom. The molecular formula is C138H91N9S. The van der Waals surface area contributed by atoms with Crippen LogP contribution in [-0.4, -0.2) is 29.9 Å². The van der Waals surface area contributed by atoms with Gasteiger partial charge in [0.15, 0.2) is 17.5 Å². The first-order valence-corrected chi connectivity index (χ1v) is 50.8. The Morgan fingerprint density at radius 1 is 0.122 bits per heavy atom. The van der Waals surface area contributed by atoms with Crippen molar-refractivity contribution in [2.75, 3.05) is 14.7 Å². The van der Waals surface area contributed by atoms with E-state index in [1.54, 1.807) is 0 Å². The molecule has 3 aliphatic heterocycles. The van der Waals surface area contributed by atoms with Crippen LogP contribution in [0.25, 0.3) is 211 Å². The summed E-state index contributed by atoms with van der Waals surface area (Å²) in [6.45, 7) is 0. The molecule has 0 spiro atoms. The first-order chi connectivity index (χ1) is 73.2. The smallest absolute Gasteiger partial charge is 0.160 e. The van der Waals surface area contributed by atoms with E-state index >= 15 is 0 Å². The summed E-state index contributed by atoms with van der Waals surface area (Å²) in [5.41, 5.74) is 42.7. The van der Waals surface area contributed by atoms with Crippen LogP contribution < -0.4 is 14.7 Å². The maximum absolute atomic E-state index is 5.23. The van der Waals surface area contributed by atoms with Crippen LogP contribution in [0.15, 0.2) is 552 Å². The summed E-state index contributed by atoms with van der Waals surface area (Å²) in [4.78, 5) is 38.0. The molecule has 0 aliphatic carbocycles. The summed E-state index contributed by atoms with van der Waals surface area (Å²) in [6.07, 6.45) is 0. The molecule has 0 atom stereocenters. The number of hydrogen-bond acceptors (Lipinski definition) is 10. The van der Waals surface area contributed by atoms with Gasteiger partial charge in [-0.15, -0.1) is 11.3 Å². The lowest BCUT2D eigenvalue weighted by molar-refractivity contribution is 1.18. The van der Waals surface area contributed by atoms with Gasteiger partial charge in [-0.05, 0) is 265 Å². The quantitative estimate of drug-likeness (QED) is 0.148. The number of hydrogen-bond donors (Lipinski definition) is 0. The number of nitrogens with zero attached hydrogens (tertiary/aromatic N) is 9. The van der Waals surface area contributed by atoms with E-state index in [1.165, 1.54) is 42.4 Å². The Hall–Kier alpha value is -19.5. The molecule has 0 saturated carbocycles. The van der Waals surface area contributed by atoms with Crippen molar-refractivity contribution in [1.29, 1.82) is 0 Å². The highest BCUT2D eigenvalue weighted by atomic mass is 32.1. The predicted octanol–water partition coefficient (Wildman–Crippen LogP) is 37.5. The van der Waals surface area contributed by atoms with Crippen molar-refractivity contribution in [3.63, 3.8) is 0 Å². The van der Waals surface area contributed by atoms with Crippen molar-refractivity contribution in [3.05, 3.63) is 552 Å². The van der Waals surface area contributed by atoms with Gasteiger partial charge in [-0.2, -0.15) is 0 Å². The van der Waals surface area contributed by atoms with Gasteiger partial charge in [0.2, 0.25) is 0 Å². The third-order valence-corrected chi connectivity index (χ3v) is 29.1. The van der Waals surface area contributed by atoms with Gasteiger partial charge >= 0.3 is 0 Å². The van der Waals surface area contributed by atoms with E-state index in [0.29, 0.717) is 17.5 Å². The molecule has 148 heavy (non-hydrogen) atoms. The van der Waals surface area contributed by atoms with E-state index < -0.39 is 0 Å². The third-order valence-electron chi connectivity index (χ3n) is 27.9. The number of thiophene rings is 1. The van der Waals surface area contributed by atoms with E-state index in [-0.39, 0.29) is 0 Å². The second kappa shape index (κ2) is 39.1. The van der Waals surface area contributed by atoms with Crippen LogP contribution in [0.1, 0.15) is 0 Å². The minimum atomic E-state index is 0.697. The van der Waals surface area contributed by atoms with E-state index in [4.69, 9.17) is 29.9 Å². The molecule has 7 heterocycles. The lowest BCUT2D eigenvalue weighted by Gasteiger charge is -2.27. The SMILES string of the molecule is c1ccc(-c2cc3nc(n2)-c2cccc(c2)-c2cccc(c2)N(c2ccc4sc5ccccc5c4c2)c2cccc(c2)-c2cccc-3c2)cc1.c1ccc(-c2cc3nc(n2)-c2cccc(c2)-c2cccc(c2)N(c2ccccc2)c2cccc(c2)-c2cc-3ccc2-c2ccccc2)cc1.c1ccc(-c2ccc(N3c4cccc(c4)-c4cccc(c4)-c4cc(-c5ccccc5)nc(n4)-c4cccc(c4)-c4cccc3c4)cc2)cc1. The Bertz CT molecular complexity index is 9080. The Kier molecular flexibility index (Phi) is 23.4. The van der Waals surface area contributed by atoms with E-state index in [2.05, 4.69) is 549 Å². The zero-order valence-electron chi connectivity index (χ0n) is 80.5. The van der Waals surface area contributed by atoms with Gasteiger partial charge in [0.05, 0.1) is 34.2 Å². The Balaban J connectivity index is 0.000000112. The van der Waals surface area contributed by atoms with Crippen molar-refractivity contribution in [2.24, 2.45) is 0 Å². The lowest BCUT2D eigenvalue weighted by Crippen LogP contribution is -2.10. The van der Waals surface area contributed by atoms with Gasteiger partial charge in [-0.1, -0.05) is 376 Å². The summed E-state index contributed by atoms with van der Waals surface area (Å²) in [6, 6.07) is 196. The summed E-state index contributed by atoms with van der Waals surface area (Å²) >= 11 is 1.85. The molecule has 9 nitrogen and oxygen atoms in total. The summed E-state index contributed by atoms with van der Waals surface area (Å²) < 4.78 is 2.60. The molecule has 30 bridgehead atoms. The van der Waals surface area contributed by atoms with Gasteiger partial charge in [-0.25, -0.2) is 29.9 Å². The normalized spacial score (nSPS) is 11.7. The van der Waals surface area contributed by atoms with Crippen LogP contribution in [0.3, 0.4) is 0 Å². The van der Waals surface area contributed by atoms with Gasteiger partial charge in [0.1, 0.15) is 0 Å². The highest BCUT2D eigenvalue weighted by Crippen LogP contribution is 2.49. The molecule has 4 aromatic heterocycles. The number of anilines is 9. The average molecular weight is 1910 g/mol. The number of para-hydroxylation sites is 1. The van der Waals surface area contributed by atoms with Gasteiger partial charge in [0, 0.05) is 121 Å². The highest BCUT2D eigenvalue weighted by Gasteiger charge is 2.26.